The molecular weight excluding hydrogens is 733 g/mol. The Morgan fingerprint density at radius 1 is 0.473 bits per heavy atom. The number of halogens is 5. The summed E-state index contributed by atoms with van der Waals surface area (Å²) >= 11 is 0. The maximum Gasteiger partial charge on any atom is 0.311 e. The highest BCUT2D eigenvalue weighted by atomic mass is 19.2. The third-order valence-corrected chi connectivity index (χ3v) is 7.96. The molecule has 0 aliphatic carbocycles. The number of hydrogen-bond donors (Lipinski definition) is 1. The van der Waals surface area contributed by atoms with E-state index in [1.54, 1.807) is 0 Å². The fourth-order valence-electron chi connectivity index (χ4n) is 4.92. The average molecular weight is 782 g/mol. The van der Waals surface area contributed by atoms with E-state index in [2.05, 4.69) is 27.8 Å². The molecule has 10 nitrogen and oxygen atoms in total. The predicted molar refractivity (Wildman–Crippen MR) is 190 cm³/mol. The first kappa shape index (κ1) is 47.9. The van der Waals surface area contributed by atoms with Crippen LogP contribution in [0.1, 0.15) is 122 Å². The summed E-state index contributed by atoms with van der Waals surface area (Å²) in [5.41, 5.74) is -1.59. The maximum absolute atomic E-state index is 13.7. The minimum Gasteiger partial charge on any atom is -0.463 e. The largest absolute Gasteiger partial charge is 0.463 e. The van der Waals surface area contributed by atoms with Crippen LogP contribution in [0.15, 0.2) is 0 Å². The van der Waals surface area contributed by atoms with Crippen LogP contribution in [0.4, 0.5) is 22.0 Å². The Hall–Kier alpha value is -5.10. The Morgan fingerprint density at radius 2 is 0.800 bits per heavy atom. The van der Waals surface area contributed by atoms with Gasteiger partial charge in [0.05, 0.1) is 0 Å². The number of carbonyl (C=O) groups is 5. The van der Waals surface area contributed by atoms with Gasteiger partial charge in [-0.1, -0.05) is 38.5 Å². The fraction of sp³-hybridized carbons (Fsp3) is 0.575. The maximum atomic E-state index is 13.7. The molecule has 1 amide bonds. The van der Waals surface area contributed by atoms with E-state index < -0.39 is 90.0 Å². The van der Waals surface area contributed by atoms with Gasteiger partial charge in [-0.05, 0) is 32.1 Å². The second kappa shape index (κ2) is 27.5. The van der Waals surface area contributed by atoms with Crippen molar-refractivity contribution in [1.29, 1.82) is 0 Å². The van der Waals surface area contributed by atoms with E-state index >= 15 is 0 Å². The van der Waals surface area contributed by atoms with E-state index in [0.717, 1.165) is 19.3 Å². The lowest BCUT2D eigenvalue weighted by Crippen LogP contribution is -2.59. The van der Waals surface area contributed by atoms with Crippen LogP contribution < -0.4 is 10.1 Å². The van der Waals surface area contributed by atoms with Crippen molar-refractivity contribution in [2.45, 2.75) is 128 Å². The van der Waals surface area contributed by atoms with Crippen molar-refractivity contribution in [2.75, 3.05) is 19.8 Å². The molecule has 0 aliphatic rings. The van der Waals surface area contributed by atoms with Crippen LogP contribution in [0, 0.1) is 66.1 Å². The molecule has 0 fully saturated rings. The third-order valence-electron chi connectivity index (χ3n) is 7.96. The molecule has 0 atom stereocenters. The molecule has 0 aliphatic heterocycles. The van der Waals surface area contributed by atoms with Gasteiger partial charge in [0.25, 0.3) is 0 Å². The highest BCUT2D eigenvalue weighted by Crippen LogP contribution is 2.29. The number of carbonyl (C=O) groups excluding carboxylic acids is 5. The van der Waals surface area contributed by atoms with Crippen LogP contribution in [0.2, 0.25) is 0 Å². The number of nitrogens with one attached hydrogen (secondary N) is 1. The summed E-state index contributed by atoms with van der Waals surface area (Å²) in [5, 5.41) is 2.76. The van der Waals surface area contributed by atoms with Gasteiger partial charge < -0.3 is 24.3 Å². The molecule has 1 rings (SSSR count). The Bertz CT molecular complexity index is 1440. The SMILES string of the molecule is C#CCCCC(=O)OCC(COC(=O)CCCC#C)(COC(=O)CCCC#C)NC(=O)CCCCCCCCCCC(=O)Oc1c(F)c(F)c(F)c(F)c1F. The lowest BCUT2D eigenvalue weighted by Gasteiger charge is -2.33. The van der Waals surface area contributed by atoms with Crippen LogP contribution >= 0.6 is 0 Å². The highest BCUT2D eigenvalue weighted by molar-refractivity contribution is 5.77. The van der Waals surface area contributed by atoms with Gasteiger partial charge in [-0.3, -0.25) is 24.0 Å². The second-order valence-electron chi connectivity index (χ2n) is 12.7. The minimum absolute atomic E-state index is 0.00308. The van der Waals surface area contributed by atoms with E-state index in [1.807, 2.05) is 0 Å². The molecule has 1 aromatic rings. The summed E-state index contributed by atoms with van der Waals surface area (Å²) in [5.74, 6) is -9.03. The average Bonchev–Trinajstić information content (AvgIpc) is 3.16. The minimum atomic E-state index is -2.35. The van der Waals surface area contributed by atoms with Crippen LogP contribution in [0.3, 0.4) is 0 Å². The second-order valence-corrected chi connectivity index (χ2v) is 12.7. The first-order valence-electron chi connectivity index (χ1n) is 18.1. The number of hydrogen-bond acceptors (Lipinski definition) is 9. The van der Waals surface area contributed by atoms with Gasteiger partial charge in [0.1, 0.15) is 25.4 Å². The van der Waals surface area contributed by atoms with Crippen molar-refractivity contribution in [1.82, 2.24) is 5.32 Å². The molecule has 1 N–H and O–H groups in total. The summed E-state index contributed by atoms with van der Waals surface area (Å²) in [6.07, 6.45) is 22.5. The molecule has 0 aromatic heterocycles. The van der Waals surface area contributed by atoms with Gasteiger partial charge in [0.15, 0.2) is 0 Å². The first-order chi connectivity index (χ1) is 26.3. The zero-order chi connectivity index (χ0) is 41.1. The molecule has 15 heteroatoms. The Kier molecular flexibility index (Phi) is 23.9. The number of benzene rings is 1. The number of amides is 1. The van der Waals surface area contributed by atoms with Gasteiger partial charge in [0.2, 0.25) is 40.7 Å². The fourth-order valence-corrected chi connectivity index (χ4v) is 4.92. The number of rotatable bonds is 28. The lowest BCUT2D eigenvalue weighted by molar-refractivity contribution is -0.159. The molecule has 0 radical (unpaired) electrons. The quantitative estimate of drug-likeness (QED) is 0.0138. The number of unbranched alkanes of at least 4 members (excludes halogenated alkanes) is 10. The van der Waals surface area contributed by atoms with Gasteiger partial charge in [-0.2, -0.15) is 8.78 Å². The normalized spacial score (nSPS) is 10.7. The highest BCUT2D eigenvalue weighted by Gasteiger charge is 2.37. The Balaban J connectivity index is 2.66. The van der Waals surface area contributed by atoms with E-state index in [1.165, 1.54) is 0 Å². The van der Waals surface area contributed by atoms with Gasteiger partial charge in [-0.25, -0.2) is 13.2 Å². The third kappa shape index (κ3) is 19.7. The molecular formula is C40H48F5NO9. The summed E-state index contributed by atoms with van der Waals surface area (Å²) in [6, 6.07) is 0. The summed E-state index contributed by atoms with van der Waals surface area (Å²) in [4.78, 5) is 62.4. The van der Waals surface area contributed by atoms with E-state index in [-0.39, 0.29) is 38.5 Å². The molecule has 0 bridgehead atoms. The van der Waals surface area contributed by atoms with Crippen molar-refractivity contribution in [3.8, 4) is 42.8 Å². The summed E-state index contributed by atoms with van der Waals surface area (Å²) in [6.45, 7) is -1.38. The van der Waals surface area contributed by atoms with Crippen LogP contribution in [-0.4, -0.2) is 55.1 Å². The molecule has 55 heavy (non-hydrogen) atoms. The number of esters is 4. The van der Waals surface area contributed by atoms with Crippen molar-refractivity contribution in [2.24, 2.45) is 0 Å². The van der Waals surface area contributed by atoms with Gasteiger partial charge in [-0.15, -0.1) is 37.0 Å². The molecule has 0 heterocycles. The number of terminal acetylenes is 3. The van der Waals surface area contributed by atoms with E-state index in [0.29, 0.717) is 64.2 Å². The van der Waals surface area contributed by atoms with Crippen molar-refractivity contribution in [3.63, 3.8) is 0 Å². The first-order valence-corrected chi connectivity index (χ1v) is 18.1. The summed E-state index contributed by atoms with van der Waals surface area (Å²) < 4.78 is 87.9. The van der Waals surface area contributed by atoms with Crippen molar-refractivity contribution >= 4 is 29.8 Å². The molecule has 1 aromatic carbocycles. The molecule has 0 saturated heterocycles. The topological polar surface area (TPSA) is 134 Å². The van der Waals surface area contributed by atoms with Crippen molar-refractivity contribution < 1.29 is 64.9 Å². The smallest absolute Gasteiger partial charge is 0.311 e. The van der Waals surface area contributed by atoms with E-state index in [4.69, 9.17) is 33.5 Å². The van der Waals surface area contributed by atoms with Crippen LogP contribution in [0.5, 0.6) is 5.75 Å². The zero-order valence-corrected chi connectivity index (χ0v) is 30.9. The molecule has 0 unspecified atom stereocenters. The molecule has 0 saturated carbocycles. The Morgan fingerprint density at radius 3 is 1.18 bits per heavy atom. The van der Waals surface area contributed by atoms with Crippen LogP contribution in [-0.2, 0) is 38.2 Å². The molecule has 0 spiro atoms. The van der Waals surface area contributed by atoms with Crippen molar-refractivity contribution in [3.05, 3.63) is 29.1 Å². The summed E-state index contributed by atoms with van der Waals surface area (Å²) in [7, 11) is 0. The number of ether oxygens (including phenoxy) is 4. The zero-order valence-electron chi connectivity index (χ0n) is 30.9. The Labute approximate surface area is 318 Å². The lowest BCUT2D eigenvalue weighted by atomic mass is 10.0. The van der Waals surface area contributed by atoms with Crippen LogP contribution in [0.25, 0.3) is 0 Å². The van der Waals surface area contributed by atoms with Gasteiger partial charge in [0, 0.05) is 51.4 Å². The van der Waals surface area contributed by atoms with Gasteiger partial charge >= 0.3 is 23.9 Å². The standard InChI is InChI=1S/C40H48F5NO9/c1-4-7-16-22-30(48)52-26-40(27-53-31(49)23-17-8-5-2,28-54-32(50)24-18-9-6-3)46-29(47)21-19-14-12-10-11-13-15-20-25-33(51)55-39-37(44)35(42)34(41)36(43)38(39)45/h1-3H,7-28H2,(H,46,47). The predicted octanol–water partition coefficient (Wildman–Crippen LogP) is 7.08. The molecule has 302 valence electrons. The van der Waals surface area contributed by atoms with E-state index in [9.17, 15) is 45.9 Å². The monoisotopic (exact) mass is 781 g/mol.